The Kier molecular flexibility index (Phi) is 5.00. The zero-order valence-corrected chi connectivity index (χ0v) is 17.9. The molecule has 0 aliphatic carbocycles. The van der Waals surface area contributed by atoms with E-state index < -0.39 is 0 Å². The second-order valence-corrected chi connectivity index (χ2v) is 7.81. The van der Waals surface area contributed by atoms with Crippen LogP contribution in [0, 0.1) is 13.8 Å². The summed E-state index contributed by atoms with van der Waals surface area (Å²) in [6.45, 7) is 4.09. The summed E-state index contributed by atoms with van der Waals surface area (Å²) in [5, 5.41) is 9.64. The van der Waals surface area contributed by atoms with Crippen molar-refractivity contribution in [2.24, 2.45) is 0 Å². The molecule has 1 aromatic heterocycles. The summed E-state index contributed by atoms with van der Waals surface area (Å²) >= 11 is 0. The first kappa shape index (κ1) is 19.7. The number of fused-ring (bicyclic) bond motifs is 1. The topological polar surface area (TPSA) is 59.8 Å². The molecule has 1 amide bonds. The number of aromatic nitrogens is 3. The molecular formula is C27H22N4O. The molecule has 0 fully saturated rings. The third-order valence-electron chi connectivity index (χ3n) is 5.46. The van der Waals surface area contributed by atoms with Crippen molar-refractivity contribution in [3.8, 4) is 17.1 Å². The van der Waals surface area contributed by atoms with Gasteiger partial charge in [-0.05, 0) is 36.9 Å². The molecule has 1 N–H and O–H groups in total. The molecule has 4 aromatic carbocycles. The van der Waals surface area contributed by atoms with Crippen molar-refractivity contribution in [3.05, 3.63) is 108 Å². The van der Waals surface area contributed by atoms with Gasteiger partial charge < -0.3 is 5.32 Å². The lowest BCUT2D eigenvalue weighted by Crippen LogP contribution is -2.14. The number of rotatable bonds is 4. The summed E-state index contributed by atoms with van der Waals surface area (Å²) in [5.41, 5.74) is 4.75. The largest absolute Gasteiger partial charge is 0.319 e. The van der Waals surface area contributed by atoms with E-state index in [1.807, 2.05) is 91.9 Å². The fourth-order valence-electron chi connectivity index (χ4n) is 3.91. The van der Waals surface area contributed by atoms with E-state index in [1.54, 1.807) is 4.68 Å². The molecule has 5 nitrogen and oxygen atoms in total. The number of amides is 1. The second-order valence-electron chi connectivity index (χ2n) is 7.81. The lowest BCUT2D eigenvalue weighted by atomic mass is 10.1. The van der Waals surface area contributed by atoms with Gasteiger partial charge in [-0.3, -0.25) is 4.79 Å². The van der Waals surface area contributed by atoms with Crippen molar-refractivity contribution >= 4 is 22.4 Å². The Morgan fingerprint density at radius 2 is 1.59 bits per heavy atom. The molecule has 0 radical (unpaired) electrons. The Bertz CT molecular complexity index is 1430. The number of hydrogen-bond donors (Lipinski definition) is 1. The molecule has 5 heteroatoms. The van der Waals surface area contributed by atoms with Gasteiger partial charge >= 0.3 is 0 Å². The van der Waals surface area contributed by atoms with Crippen LogP contribution in [-0.2, 0) is 0 Å². The molecule has 5 aromatic rings. The van der Waals surface area contributed by atoms with Gasteiger partial charge in [0.25, 0.3) is 5.91 Å². The minimum atomic E-state index is -0.345. The van der Waals surface area contributed by atoms with Crippen molar-refractivity contribution in [2.45, 2.75) is 13.8 Å². The molecule has 0 saturated heterocycles. The van der Waals surface area contributed by atoms with Crippen LogP contribution in [0.2, 0.25) is 0 Å². The average molecular weight is 419 g/mol. The van der Waals surface area contributed by atoms with Gasteiger partial charge in [0.15, 0.2) is 5.82 Å². The van der Waals surface area contributed by atoms with Crippen molar-refractivity contribution in [3.63, 3.8) is 0 Å². The molecule has 0 spiro atoms. The summed E-state index contributed by atoms with van der Waals surface area (Å²) in [6.07, 6.45) is 0. The molecule has 0 atom stereocenters. The van der Waals surface area contributed by atoms with E-state index in [9.17, 15) is 4.79 Å². The first-order valence-electron chi connectivity index (χ1n) is 10.5. The van der Waals surface area contributed by atoms with Gasteiger partial charge in [0.1, 0.15) is 0 Å². The van der Waals surface area contributed by atoms with Crippen LogP contribution in [-0.4, -0.2) is 20.7 Å². The van der Waals surface area contributed by atoms with Crippen molar-refractivity contribution in [1.29, 1.82) is 0 Å². The van der Waals surface area contributed by atoms with Crippen LogP contribution in [0.4, 0.5) is 5.69 Å². The molecule has 156 valence electrons. The number of carbonyl (C=O) groups excluding carboxylic acids is 1. The minimum absolute atomic E-state index is 0.122. The van der Waals surface area contributed by atoms with E-state index >= 15 is 0 Å². The number of benzene rings is 4. The van der Waals surface area contributed by atoms with Gasteiger partial charge in [-0.25, -0.2) is 9.67 Å². The highest BCUT2D eigenvalue weighted by Crippen LogP contribution is 2.26. The first-order valence-corrected chi connectivity index (χ1v) is 10.5. The minimum Gasteiger partial charge on any atom is -0.319 e. The lowest BCUT2D eigenvalue weighted by molar-refractivity contribution is 0.101. The monoisotopic (exact) mass is 418 g/mol. The molecule has 0 bridgehead atoms. The maximum Gasteiger partial charge on any atom is 0.295 e. The van der Waals surface area contributed by atoms with Crippen LogP contribution in [0.25, 0.3) is 27.8 Å². The Hall–Kier alpha value is -4.25. The third-order valence-corrected chi connectivity index (χ3v) is 5.46. The molecule has 0 aliphatic rings. The van der Waals surface area contributed by atoms with Gasteiger partial charge in [-0.15, -0.1) is 5.10 Å². The van der Waals surface area contributed by atoms with E-state index in [0.717, 1.165) is 33.3 Å². The van der Waals surface area contributed by atoms with E-state index in [2.05, 4.69) is 28.4 Å². The van der Waals surface area contributed by atoms with Crippen molar-refractivity contribution < 1.29 is 4.79 Å². The highest BCUT2D eigenvalue weighted by molar-refractivity contribution is 6.07. The third kappa shape index (κ3) is 3.65. The van der Waals surface area contributed by atoms with Crippen molar-refractivity contribution in [1.82, 2.24) is 14.8 Å². The van der Waals surface area contributed by atoms with Crippen LogP contribution in [0.1, 0.15) is 21.7 Å². The van der Waals surface area contributed by atoms with E-state index in [0.29, 0.717) is 5.82 Å². The van der Waals surface area contributed by atoms with Crippen LogP contribution in [0.3, 0.4) is 0 Å². The molecule has 1 heterocycles. The maximum atomic E-state index is 13.2. The molecule has 5 rings (SSSR count). The number of anilines is 1. The lowest BCUT2D eigenvalue weighted by Gasteiger charge is -2.09. The number of aryl methyl sites for hydroxylation is 2. The van der Waals surface area contributed by atoms with E-state index in [-0.39, 0.29) is 11.7 Å². The first-order chi connectivity index (χ1) is 15.6. The number of nitrogens with zero attached hydrogens (tertiary/aromatic N) is 3. The summed E-state index contributed by atoms with van der Waals surface area (Å²) in [7, 11) is 0. The summed E-state index contributed by atoms with van der Waals surface area (Å²) in [4.78, 5) is 17.8. The van der Waals surface area contributed by atoms with Gasteiger partial charge in [-0.1, -0.05) is 84.4 Å². The predicted octanol–water partition coefficient (Wildman–Crippen LogP) is 5.96. The summed E-state index contributed by atoms with van der Waals surface area (Å²) < 4.78 is 1.75. The normalized spacial score (nSPS) is 10.9. The van der Waals surface area contributed by atoms with E-state index in [1.165, 1.54) is 5.56 Å². The summed E-state index contributed by atoms with van der Waals surface area (Å²) in [6, 6.07) is 29.7. The quantitative estimate of drug-likeness (QED) is 0.392. The van der Waals surface area contributed by atoms with Crippen LogP contribution in [0.15, 0.2) is 91.0 Å². The predicted molar refractivity (Wildman–Crippen MR) is 128 cm³/mol. The fraction of sp³-hybridized carbons (Fsp3) is 0.0741. The molecular weight excluding hydrogens is 396 g/mol. The summed E-state index contributed by atoms with van der Waals surface area (Å²) in [5.74, 6) is 0.402. The Labute approximate surface area is 186 Å². The Balaban J connectivity index is 1.59. The molecule has 32 heavy (non-hydrogen) atoms. The molecule has 0 aliphatic heterocycles. The number of hydrogen-bond acceptors (Lipinski definition) is 3. The smallest absolute Gasteiger partial charge is 0.295 e. The van der Waals surface area contributed by atoms with Gasteiger partial charge in [0.05, 0.1) is 5.69 Å². The maximum absolute atomic E-state index is 13.2. The highest BCUT2D eigenvalue weighted by Gasteiger charge is 2.20. The van der Waals surface area contributed by atoms with Gasteiger partial charge in [0, 0.05) is 16.6 Å². The SMILES string of the molecule is Cc1ccc(-n2nc(C(=O)Nc3cccc4ccccc34)nc2-c2ccccc2)c(C)c1. The van der Waals surface area contributed by atoms with Crippen LogP contribution < -0.4 is 5.32 Å². The Morgan fingerprint density at radius 3 is 2.41 bits per heavy atom. The Morgan fingerprint density at radius 1 is 0.844 bits per heavy atom. The van der Waals surface area contributed by atoms with Gasteiger partial charge in [0.2, 0.25) is 5.82 Å². The average Bonchev–Trinajstić information content (AvgIpc) is 3.25. The number of carbonyl (C=O) groups is 1. The fourth-order valence-corrected chi connectivity index (χ4v) is 3.91. The van der Waals surface area contributed by atoms with Crippen molar-refractivity contribution in [2.75, 3.05) is 5.32 Å². The van der Waals surface area contributed by atoms with Gasteiger partial charge in [-0.2, -0.15) is 0 Å². The zero-order chi connectivity index (χ0) is 22.1. The second kappa shape index (κ2) is 8.12. The molecule has 0 saturated carbocycles. The zero-order valence-electron chi connectivity index (χ0n) is 17.9. The highest BCUT2D eigenvalue weighted by atomic mass is 16.2. The number of nitrogens with one attached hydrogen (secondary N) is 1. The molecule has 0 unspecified atom stereocenters. The van der Waals surface area contributed by atoms with Crippen LogP contribution in [0.5, 0.6) is 0 Å². The van der Waals surface area contributed by atoms with E-state index in [4.69, 9.17) is 0 Å². The standard InChI is InChI=1S/C27H22N4O/c1-18-15-16-24(19(2)17-18)31-26(21-10-4-3-5-11-21)29-25(30-31)27(32)28-23-14-8-12-20-9-6-7-13-22(20)23/h3-17H,1-2H3,(H,28,32). The van der Waals surface area contributed by atoms with Crippen LogP contribution >= 0.6 is 0 Å².